The summed E-state index contributed by atoms with van der Waals surface area (Å²) in [7, 11) is 2.08. The van der Waals surface area contributed by atoms with Gasteiger partial charge in [-0.05, 0) is 39.4 Å². The van der Waals surface area contributed by atoms with Crippen molar-refractivity contribution in [1.29, 1.82) is 0 Å². The Morgan fingerprint density at radius 2 is 1.95 bits per heavy atom. The number of hydrogen-bond donors (Lipinski definition) is 1. The Kier molecular flexibility index (Phi) is 7.40. The van der Waals surface area contributed by atoms with Gasteiger partial charge in [-0.3, -0.25) is 4.90 Å². The number of hydrogen-bond acceptors (Lipinski definition) is 3. The first-order valence-electron chi connectivity index (χ1n) is 8.47. The highest BCUT2D eigenvalue weighted by Crippen LogP contribution is 2.26. The molecule has 0 aliphatic rings. The van der Waals surface area contributed by atoms with Crippen molar-refractivity contribution < 1.29 is 0 Å². The summed E-state index contributed by atoms with van der Waals surface area (Å²) in [5, 5.41) is 3.78. The van der Waals surface area contributed by atoms with E-state index in [1.54, 1.807) is 0 Å². The van der Waals surface area contributed by atoms with Crippen molar-refractivity contribution in [3.63, 3.8) is 0 Å². The molecule has 0 aliphatic carbocycles. The largest absolute Gasteiger partial charge is 0.338 e. The Balaban J connectivity index is 3.00. The van der Waals surface area contributed by atoms with E-state index in [-0.39, 0.29) is 5.54 Å². The van der Waals surface area contributed by atoms with E-state index in [1.165, 1.54) is 0 Å². The molecule has 0 saturated carbocycles. The molecule has 1 N–H and O–H groups in total. The molecular weight excluding hydrogens is 260 g/mol. The minimum Gasteiger partial charge on any atom is -0.338 e. The van der Waals surface area contributed by atoms with Crippen molar-refractivity contribution in [2.24, 2.45) is 7.05 Å². The average molecular weight is 294 g/mol. The highest BCUT2D eigenvalue weighted by atomic mass is 15.2. The van der Waals surface area contributed by atoms with E-state index in [0.717, 1.165) is 44.7 Å². The molecule has 21 heavy (non-hydrogen) atoms. The van der Waals surface area contributed by atoms with Crippen molar-refractivity contribution in [1.82, 2.24) is 19.8 Å². The van der Waals surface area contributed by atoms with Gasteiger partial charge in [0, 0.05) is 37.4 Å². The lowest BCUT2D eigenvalue weighted by Crippen LogP contribution is -2.60. The molecule has 2 unspecified atom stereocenters. The third-order valence-electron chi connectivity index (χ3n) is 4.90. The minimum absolute atomic E-state index is 0.157. The normalized spacial score (nSPS) is 16.1. The maximum Gasteiger partial charge on any atom is 0.109 e. The van der Waals surface area contributed by atoms with Crippen LogP contribution in [0.3, 0.4) is 0 Å². The van der Waals surface area contributed by atoms with E-state index in [9.17, 15) is 0 Å². The molecule has 1 rings (SSSR count). The predicted octanol–water partition coefficient (Wildman–Crippen LogP) is 2.84. The van der Waals surface area contributed by atoms with Crippen LogP contribution in [-0.2, 0) is 13.5 Å². The molecule has 0 aliphatic heterocycles. The van der Waals surface area contributed by atoms with Crippen LogP contribution in [0.4, 0.5) is 0 Å². The van der Waals surface area contributed by atoms with Crippen LogP contribution in [-0.4, -0.2) is 45.7 Å². The molecule has 0 aromatic carbocycles. The van der Waals surface area contributed by atoms with Gasteiger partial charge in [-0.2, -0.15) is 0 Å². The van der Waals surface area contributed by atoms with Crippen LogP contribution in [0, 0.1) is 0 Å². The third kappa shape index (κ3) is 4.30. The van der Waals surface area contributed by atoms with Crippen LogP contribution in [0.5, 0.6) is 0 Å². The molecule has 1 heterocycles. The van der Waals surface area contributed by atoms with Gasteiger partial charge in [0.05, 0.1) is 0 Å². The van der Waals surface area contributed by atoms with Crippen LogP contribution in [0.2, 0.25) is 0 Å². The number of rotatable bonds is 10. The second-order valence-corrected chi connectivity index (χ2v) is 6.05. The lowest BCUT2D eigenvalue weighted by molar-refractivity contribution is 0.0691. The van der Waals surface area contributed by atoms with Crippen LogP contribution < -0.4 is 5.32 Å². The molecule has 0 amide bonds. The molecule has 1 aromatic rings. The van der Waals surface area contributed by atoms with Crippen molar-refractivity contribution in [3.8, 4) is 0 Å². The van der Waals surface area contributed by atoms with Crippen molar-refractivity contribution >= 4 is 0 Å². The van der Waals surface area contributed by atoms with E-state index >= 15 is 0 Å². The zero-order valence-corrected chi connectivity index (χ0v) is 14.8. The van der Waals surface area contributed by atoms with Crippen LogP contribution in [0.25, 0.3) is 0 Å². The lowest BCUT2D eigenvalue weighted by atomic mass is 9.84. The molecule has 1 aromatic heterocycles. The fraction of sp³-hybridized carbons (Fsp3) is 0.824. The Labute approximate surface area is 130 Å². The second-order valence-electron chi connectivity index (χ2n) is 6.05. The Morgan fingerprint density at radius 3 is 2.38 bits per heavy atom. The highest BCUT2D eigenvalue weighted by molar-refractivity contribution is 5.03. The first-order chi connectivity index (χ1) is 10.0. The molecule has 2 atom stereocenters. The van der Waals surface area contributed by atoms with Crippen molar-refractivity contribution in [2.45, 2.75) is 65.5 Å². The Bertz CT molecular complexity index is 397. The SMILES string of the molecule is CCCNC(Cc1nccn1C)C(C)(CC)N(CC)CC. The fourth-order valence-electron chi connectivity index (χ4n) is 3.24. The van der Waals surface area contributed by atoms with Gasteiger partial charge in [-0.25, -0.2) is 4.98 Å². The predicted molar refractivity (Wildman–Crippen MR) is 90.6 cm³/mol. The summed E-state index contributed by atoms with van der Waals surface area (Å²) in [6.45, 7) is 14.7. The summed E-state index contributed by atoms with van der Waals surface area (Å²) in [5.74, 6) is 1.16. The van der Waals surface area contributed by atoms with E-state index in [1.807, 2.05) is 12.4 Å². The number of nitrogens with one attached hydrogen (secondary N) is 1. The average Bonchev–Trinajstić information content (AvgIpc) is 2.89. The summed E-state index contributed by atoms with van der Waals surface area (Å²) in [4.78, 5) is 7.11. The zero-order chi connectivity index (χ0) is 15.9. The molecule has 4 nitrogen and oxygen atoms in total. The monoisotopic (exact) mass is 294 g/mol. The Hall–Kier alpha value is -0.870. The van der Waals surface area contributed by atoms with Gasteiger partial charge in [-0.1, -0.05) is 27.7 Å². The first-order valence-corrected chi connectivity index (χ1v) is 8.47. The van der Waals surface area contributed by atoms with E-state index < -0.39 is 0 Å². The van der Waals surface area contributed by atoms with E-state index in [2.05, 4.69) is 61.4 Å². The van der Waals surface area contributed by atoms with Gasteiger partial charge in [0.1, 0.15) is 5.82 Å². The van der Waals surface area contributed by atoms with Crippen molar-refractivity contribution in [2.75, 3.05) is 19.6 Å². The number of aryl methyl sites for hydroxylation is 1. The van der Waals surface area contributed by atoms with Gasteiger partial charge in [0.2, 0.25) is 0 Å². The molecule has 0 radical (unpaired) electrons. The standard InChI is InChI=1S/C17H34N4/c1-7-11-18-15(14-16-19-12-13-20(16)6)17(5,8-2)21(9-3)10-4/h12-13,15,18H,7-11,14H2,1-6H3. The molecular formula is C17H34N4. The molecule has 0 bridgehead atoms. The molecule has 0 saturated heterocycles. The maximum atomic E-state index is 4.53. The van der Waals surface area contributed by atoms with E-state index in [0.29, 0.717) is 6.04 Å². The second kappa shape index (κ2) is 8.54. The van der Waals surface area contributed by atoms with Gasteiger partial charge in [0.25, 0.3) is 0 Å². The summed E-state index contributed by atoms with van der Waals surface area (Å²) in [6.07, 6.45) is 7.21. The van der Waals surface area contributed by atoms with Gasteiger partial charge in [-0.15, -0.1) is 0 Å². The molecule has 122 valence electrons. The van der Waals surface area contributed by atoms with Crippen LogP contribution in [0.15, 0.2) is 12.4 Å². The number of likely N-dealkylation sites (N-methyl/N-ethyl adjacent to an activating group) is 1. The zero-order valence-electron chi connectivity index (χ0n) is 14.8. The lowest BCUT2D eigenvalue weighted by Gasteiger charge is -2.46. The van der Waals surface area contributed by atoms with Gasteiger partial charge < -0.3 is 9.88 Å². The molecule has 4 heteroatoms. The summed E-state index contributed by atoms with van der Waals surface area (Å²) in [5.41, 5.74) is 0.157. The van der Waals surface area contributed by atoms with E-state index in [4.69, 9.17) is 0 Å². The van der Waals surface area contributed by atoms with Crippen molar-refractivity contribution in [3.05, 3.63) is 18.2 Å². The summed E-state index contributed by atoms with van der Waals surface area (Å²) >= 11 is 0. The minimum atomic E-state index is 0.157. The van der Waals surface area contributed by atoms with Crippen LogP contribution >= 0.6 is 0 Å². The smallest absolute Gasteiger partial charge is 0.109 e. The molecule has 0 fully saturated rings. The topological polar surface area (TPSA) is 33.1 Å². The maximum absolute atomic E-state index is 4.53. The number of nitrogens with zero attached hydrogens (tertiary/aromatic N) is 3. The number of imidazole rings is 1. The summed E-state index contributed by atoms with van der Waals surface area (Å²) in [6, 6.07) is 0.420. The Morgan fingerprint density at radius 1 is 1.29 bits per heavy atom. The van der Waals surface area contributed by atoms with Gasteiger partial charge in [0.15, 0.2) is 0 Å². The molecule has 0 spiro atoms. The highest BCUT2D eigenvalue weighted by Gasteiger charge is 2.37. The van der Waals surface area contributed by atoms with Crippen LogP contribution in [0.1, 0.15) is 53.3 Å². The first kappa shape index (κ1) is 18.2. The van der Waals surface area contributed by atoms with Gasteiger partial charge >= 0.3 is 0 Å². The number of aromatic nitrogens is 2. The summed E-state index contributed by atoms with van der Waals surface area (Å²) < 4.78 is 2.14. The third-order valence-corrected chi connectivity index (χ3v) is 4.90. The fourth-order valence-corrected chi connectivity index (χ4v) is 3.24. The quantitative estimate of drug-likeness (QED) is 0.720.